The molecule has 4 aliphatic rings. The Labute approximate surface area is 386 Å². The lowest BCUT2D eigenvalue weighted by Gasteiger charge is -2.47. The molecule has 0 saturated carbocycles. The van der Waals surface area contributed by atoms with E-state index < -0.39 is 149 Å². The highest BCUT2D eigenvalue weighted by Gasteiger charge is 2.52. The van der Waals surface area contributed by atoms with Crippen molar-refractivity contribution in [3.8, 4) is 0 Å². The highest BCUT2D eigenvalue weighted by molar-refractivity contribution is 5.17. The number of aliphatic hydroxyl groups excluding tert-OH is 13. The van der Waals surface area contributed by atoms with Gasteiger partial charge in [-0.25, -0.2) is 0 Å². The molecule has 20 atom stereocenters. The number of nitrogens with one attached hydrogen (secondary N) is 3. The van der Waals surface area contributed by atoms with Gasteiger partial charge in [-0.15, -0.1) is 0 Å². The van der Waals surface area contributed by atoms with Crippen LogP contribution in [-0.4, -0.2) is 215 Å². The third-order valence-electron chi connectivity index (χ3n) is 12.2. The van der Waals surface area contributed by atoms with Crippen LogP contribution in [0.25, 0.3) is 0 Å². The zero-order chi connectivity index (χ0) is 48.2. The molecule has 0 bridgehead atoms. The smallest absolute Gasteiger partial charge is 0.187 e. The van der Waals surface area contributed by atoms with Crippen LogP contribution in [0.5, 0.6) is 0 Å². The van der Waals surface area contributed by atoms with Crippen molar-refractivity contribution in [1.82, 2.24) is 16.0 Å². The summed E-state index contributed by atoms with van der Waals surface area (Å²) in [6, 6.07) is 26.8. The van der Waals surface area contributed by atoms with E-state index in [0.29, 0.717) is 19.6 Å². The minimum atomic E-state index is -1.68. The van der Waals surface area contributed by atoms with Gasteiger partial charge in [-0.2, -0.15) is 0 Å². The second kappa shape index (κ2) is 25.6. The van der Waals surface area contributed by atoms with Gasteiger partial charge in [0, 0.05) is 19.6 Å². The van der Waals surface area contributed by atoms with Crippen LogP contribution in [-0.2, 0) is 48.1 Å². The number of rotatable bonds is 17. The Morgan fingerprint density at radius 1 is 0.373 bits per heavy atom. The highest BCUT2D eigenvalue weighted by Crippen LogP contribution is 2.31. The molecule has 9 unspecified atom stereocenters. The molecule has 3 aromatic carbocycles. The summed E-state index contributed by atoms with van der Waals surface area (Å²) in [4.78, 5) is 0. The van der Waals surface area contributed by atoms with Gasteiger partial charge in [0.15, 0.2) is 18.9 Å². The van der Waals surface area contributed by atoms with Gasteiger partial charge in [-0.05, 0) is 16.7 Å². The van der Waals surface area contributed by atoms with E-state index in [2.05, 4.69) is 16.0 Å². The van der Waals surface area contributed by atoms with Crippen LogP contribution in [0, 0.1) is 0 Å². The van der Waals surface area contributed by atoms with Crippen molar-refractivity contribution in [3.63, 3.8) is 0 Å². The Kier molecular flexibility index (Phi) is 20.3. The van der Waals surface area contributed by atoms with Gasteiger partial charge < -0.3 is 105 Å². The van der Waals surface area contributed by atoms with Gasteiger partial charge in [0.05, 0.1) is 38.5 Å². The van der Waals surface area contributed by atoms with Crippen LogP contribution >= 0.6 is 0 Å². The molecule has 0 amide bonds. The molecule has 4 heterocycles. The van der Waals surface area contributed by atoms with Gasteiger partial charge in [-0.3, -0.25) is 5.32 Å². The fourth-order valence-electron chi connectivity index (χ4n) is 8.29. The van der Waals surface area contributed by atoms with Crippen LogP contribution in [0.15, 0.2) is 91.0 Å². The summed E-state index contributed by atoms with van der Waals surface area (Å²) in [5.41, 5.74) is 2.88. The van der Waals surface area contributed by atoms with Crippen molar-refractivity contribution in [3.05, 3.63) is 108 Å². The Hall–Kier alpha value is -3.22. The summed E-state index contributed by atoms with van der Waals surface area (Å²) in [5.74, 6) is 0. The summed E-state index contributed by atoms with van der Waals surface area (Å²) in [7, 11) is 0. The van der Waals surface area contributed by atoms with Gasteiger partial charge >= 0.3 is 0 Å². The first-order valence-corrected chi connectivity index (χ1v) is 22.1. The van der Waals surface area contributed by atoms with Crippen molar-refractivity contribution in [2.75, 3.05) is 26.4 Å². The number of ether oxygens (including phenoxy) is 6. The van der Waals surface area contributed by atoms with Crippen LogP contribution < -0.4 is 16.0 Å². The van der Waals surface area contributed by atoms with E-state index in [4.69, 9.17) is 28.4 Å². The van der Waals surface area contributed by atoms with Crippen LogP contribution in [0.1, 0.15) is 16.7 Å². The maximum atomic E-state index is 11.4. The van der Waals surface area contributed by atoms with Crippen molar-refractivity contribution in [1.29, 1.82) is 0 Å². The zero-order valence-electron chi connectivity index (χ0n) is 36.4. The molecule has 22 heteroatoms. The quantitative estimate of drug-likeness (QED) is 0.0600. The predicted octanol–water partition coefficient (Wildman–Crippen LogP) is -5.40. The zero-order valence-corrected chi connectivity index (χ0v) is 36.4. The molecule has 0 spiro atoms. The van der Waals surface area contributed by atoms with Gasteiger partial charge in [-0.1, -0.05) is 91.0 Å². The molecule has 16 N–H and O–H groups in total. The van der Waals surface area contributed by atoms with Crippen molar-refractivity contribution in [2.45, 2.75) is 142 Å². The second-order valence-corrected chi connectivity index (χ2v) is 16.8. The lowest BCUT2D eigenvalue weighted by atomic mass is 9.94. The predicted molar refractivity (Wildman–Crippen MR) is 230 cm³/mol. The maximum Gasteiger partial charge on any atom is 0.187 e. The van der Waals surface area contributed by atoms with Crippen molar-refractivity contribution >= 4 is 0 Å². The molecule has 4 fully saturated rings. The van der Waals surface area contributed by atoms with E-state index >= 15 is 0 Å². The molecule has 0 radical (unpaired) electrons. The van der Waals surface area contributed by atoms with Gasteiger partial charge in [0.2, 0.25) is 0 Å². The molecule has 3 aromatic rings. The Bertz CT molecular complexity index is 1850. The molecule has 0 aromatic heterocycles. The number of aliphatic hydroxyl groups is 13. The summed E-state index contributed by atoms with van der Waals surface area (Å²) < 4.78 is 33.7. The molecule has 0 aliphatic carbocycles. The Balaban J connectivity index is 0.000000226. The molecule has 4 aliphatic heterocycles. The normalized spacial score (nSPS) is 39.0. The first-order chi connectivity index (χ1) is 32.3. The molecule has 22 nitrogen and oxygen atoms in total. The van der Waals surface area contributed by atoms with Crippen molar-refractivity contribution in [2.24, 2.45) is 0 Å². The SMILES string of the molecule is OCC1O[C@@H](O[C@@H]2C(CO)OC(O)[C@@H](NCc3ccccc3)C2O)[C@@H](O)C(O)[C@H]1O.OCC1O[C@@H](O[C@@H]2C(CO)O[C@@H](NCc3ccccc3)[C@@H](NCc3ccccc3)C2O)[C@@H](O)C(O)[C@H]1O. The largest absolute Gasteiger partial charge is 0.394 e. The van der Waals surface area contributed by atoms with E-state index in [-0.39, 0.29) is 0 Å². The molecule has 67 heavy (non-hydrogen) atoms. The summed E-state index contributed by atoms with van der Waals surface area (Å²) in [6.45, 7) is -1.22. The number of hydrogen-bond donors (Lipinski definition) is 16. The molecule has 7 rings (SSSR count). The number of benzene rings is 3. The summed E-state index contributed by atoms with van der Waals surface area (Å²) in [6.07, 6.45) is -24.5. The van der Waals surface area contributed by atoms with E-state index in [1.54, 1.807) is 0 Å². The van der Waals surface area contributed by atoms with E-state index in [1.807, 2.05) is 91.0 Å². The van der Waals surface area contributed by atoms with Crippen LogP contribution in [0.3, 0.4) is 0 Å². The van der Waals surface area contributed by atoms with Crippen LogP contribution in [0.4, 0.5) is 0 Å². The topological polar surface area (TPSA) is 354 Å². The average molecular weight is 952 g/mol. The fraction of sp³-hybridized carbons (Fsp3) is 0.600. The van der Waals surface area contributed by atoms with Crippen molar-refractivity contribution < 1.29 is 94.8 Å². The van der Waals surface area contributed by atoms with E-state index in [0.717, 1.165) is 16.7 Å². The molecular weight excluding hydrogens is 886 g/mol. The lowest BCUT2D eigenvalue weighted by Crippen LogP contribution is -2.69. The van der Waals surface area contributed by atoms with Crippen LogP contribution in [0.2, 0.25) is 0 Å². The maximum absolute atomic E-state index is 11.4. The van der Waals surface area contributed by atoms with E-state index in [1.165, 1.54) is 0 Å². The minimum absolute atomic E-state index is 0.305. The summed E-state index contributed by atoms with van der Waals surface area (Å²) >= 11 is 0. The first kappa shape index (κ1) is 53.1. The average Bonchev–Trinajstić information content (AvgIpc) is 3.35. The Morgan fingerprint density at radius 2 is 0.731 bits per heavy atom. The number of hydrogen-bond acceptors (Lipinski definition) is 22. The lowest BCUT2D eigenvalue weighted by molar-refractivity contribution is -0.345. The van der Waals surface area contributed by atoms with Gasteiger partial charge in [0.25, 0.3) is 0 Å². The molecular formula is C45H65N3O19. The third-order valence-corrected chi connectivity index (χ3v) is 12.2. The highest BCUT2D eigenvalue weighted by atomic mass is 16.7. The molecule has 374 valence electrons. The van der Waals surface area contributed by atoms with E-state index in [9.17, 15) is 66.4 Å². The monoisotopic (exact) mass is 951 g/mol. The summed E-state index contributed by atoms with van der Waals surface area (Å²) in [5, 5.41) is 141. The molecule has 4 saturated heterocycles. The van der Waals surface area contributed by atoms with Gasteiger partial charge in [0.1, 0.15) is 91.7 Å². The second-order valence-electron chi connectivity index (χ2n) is 16.8. The Morgan fingerprint density at radius 3 is 1.13 bits per heavy atom. The minimum Gasteiger partial charge on any atom is -0.394 e. The first-order valence-electron chi connectivity index (χ1n) is 22.1. The standard InChI is InChI=1S/C26H36N2O9.C19H29NO10/c29-13-17-20(31)22(33)23(34)26(36-17)37-24-18(14-30)35-25(28-12-16-9-5-2-6-10-16)19(21(24)32)27-11-15-7-3-1-4-8-15;21-7-10-13(23)15(25)16(26)19(29-10)30-17-11(8-22)28-18(27)12(14(17)24)20-6-9-4-2-1-3-5-9/h1-10,17-34H,11-14H2;1-5,10-27H,6-8H2/t17?,18?,19-,20-,21?,22?,23-,24+,25+,26-;10?,11?,12-,13-,14?,15?,16-,17+,18?,19-/m00/s1. The third kappa shape index (κ3) is 13.4. The fourth-order valence-corrected chi connectivity index (χ4v) is 8.29.